The number of hydrogen-bond donors (Lipinski definition) is 1. The van der Waals surface area contributed by atoms with Crippen LogP contribution >= 0.6 is 0 Å². The Morgan fingerprint density at radius 1 is 1.00 bits per heavy atom. The number of nitrogens with one attached hydrogen (secondary N) is 1. The van der Waals surface area contributed by atoms with E-state index in [1.165, 1.54) is 0 Å². The molecule has 8 nitrogen and oxygen atoms in total. The molecule has 1 N–H and O–H groups in total. The number of hydrogen-bond acceptors (Lipinski definition) is 6. The van der Waals surface area contributed by atoms with Gasteiger partial charge in [-0.2, -0.15) is 5.10 Å². The van der Waals surface area contributed by atoms with E-state index < -0.39 is 0 Å². The monoisotopic (exact) mass is 290 g/mol. The molecule has 0 aromatic carbocycles. The SMILES string of the molecule is c1cncc(-n2cc(-c3cccc(-c4nnn[nH]4)n3)cn2)c1. The standard InChI is InChI=1S/C14H10N8/c1-4-12(17-13(5-1)14-18-20-21-19-14)10-7-16-22(9-10)11-3-2-6-15-8-11/h1-9H,(H,18,19,20,21). The lowest BCUT2D eigenvalue weighted by Gasteiger charge is -2.00. The lowest BCUT2D eigenvalue weighted by atomic mass is 10.2. The van der Waals surface area contributed by atoms with Gasteiger partial charge in [0.05, 0.1) is 23.8 Å². The van der Waals surface area contributed by atoms with E-state index in [9.17, 15) is 0 Å². The van der Waals surface area contributed by atoms with Crippen molar-refractivity contribution in [1.82, 2.24) is 40.4 Å². The molecule has 0 saturated heterocycles. The number of tetrazole rings is 1. The molecule has 0 aliphatic rings. The van der Waals surface area contributed by atoms with Crippen molar-refractivity contribution >= 4 is 0 Å². The number of pyridine rings is 2. The van der Waals surface area contributed by atoms with Crippen LogP contribution in [0.25, 0.3) is 28.5 Å². The quantitative estimate of drug-likeness (QED) is 0.614. The highest BCUT2D eigenvalue weighted by molar-refractivity contribution is 5.61. The van der Waals surface area contributed by atoms with Crippen LogP contribution in [0.4, 0.5) is 0 Å². The highest BCUT2D eigenvalue weighted by atomic mass is 15.5. The molecule has 106 valence electrons. The van der Waals surface area contributed by atoms with Gasteiger partial charge in [0.1, 0.15) is 5.69 Å². The van der Waals surface area contributed by atoms with Gasteiger partial charge in [0.25, 0.3) is 0 Å². The molecule has 0 atom stereocenters. The van der Waals surface area contributed by atoms with Gasteiger partial charge in [-0.1, -0.05) is 6.07 Å². The van der Waals surface area contributed by atoms with Crippen LogP contribution in [0.3, 0.4) is 0 Å². The minimum absolute atomic E-state index is 0.529. The summed E-state index contributed by atoms with van der Waals surface area (Å²) in [5.74, 6) is 0.529. The van der Waals surface area contributed by atoms with E-state index in [2.05, 4.69) is 35.7 Å². The fraction of sp³-hybridized carbons (Fsp3) is 0. The fourth-order valence-corrected chi connectivity index (χ4v) is 2.08. The Labute approximate surface area is 124 Å². The Hall–Kier alpha value is -3.42. The Morgan fingerprint density at radius 3 is 2.77 bits per heavy atom. The minimum atomic E-state index is 0.529. The van der Waals surface area contributed by atoms with Gasteiger partial charge in [-0.3, -0.25) is 4.98 Å². The van der Waals surface area contributed by atoms with Crippen molar-refractivity contribution in [2.75, 3.05) is 0 Å². The first-order chi connectivity index (χ1) is 10.9. The normalized spacial score (nSPS) is 10.7. The van der Waals surface area contributed by atoms with E-state index in [0.717, 1.165) is 16.9 Å². The van der Waals surface area contributed by atoms with Gasteiger partial charge in [0.2, 0.25) is 0 Å². The maximum Gasteiger partial charge on any atom is 0.198 e. The predicted octanol–water partition coefficient (Wildman–Crippen LogP) is 1.51. The van der Waals surface area contributed by atoms with Crippen molar-refractivity contribution < 1.29 is 0 Å². The van der Waals surface area contributed by atoms with E-state index in [0.29, 0.717) is 11.5 Å². The van der Waals surface area contributed by atoms with E-state index in [1.54, 1.807) is 23.3 Å². The molecular formula is C14H10N8. The molecule has 4 aromatic rings. The molecule has 4 rings (SSSR count). The molecule has 0 fully saturated rings. The van der Waals surface area contributed by atoms with Gasteiger partial charge >= 0.3 is 0 Å². The maximum absolute atomic E-state index is 4.55. The van der Waals surface area contributed by atoms with Gasteiger partial charge < -0.3 is 0 Å². The lowest BCUT2D eigenvalue weighted by Crippen LogP contribution is -1.93. The zero-order chi connectivity index (χ0) is 14.8. The van der Waals surface area contributed by atoms with Gasteiger partial charge in [0.15, 0.2) is 5.82 Å². The van der Waals surface area contributed by atoms with Crippen molar-refractivity contribution in [3.05, 3.63) is 55.1 Å². The van der Waals surface area contributed by atoms with Gasteiger partial charge in [-0.25, -0.2) is 14.8 Å². The molecule has 0 amide bonds. The van der Waals surface area contributed by atoms with Crippen LogP contribution in [0.15, 0.2) is 55.1 Å². The van der Waals surface area contributed by atoms with Crippen molar-refractivity contribution in [2.24, 2.45) is 0 Å². The van der Waals surface area contributed by atoms with Crippen molar-refractivity contribution in [3.63, 3.8) is 0 Å². The molecule has 0 aliphatic heterocycles. The number of H-pyrrole nitrogens is 1. The Bertz CT molecular complexity index is 882. The molecule has 4 heterocycles. The smallest absolute Gasteiger partial charge is 0.198 e. The average molecular weight is 290 g/mol. The van der Waals surface area contributed by atoms with Crippen LogP contribution < -0.4 is 0 Å². The topological polar surface area (TPSA) is 98.1 Å². The number of aromatic nitrogens is 8. The van der Waals surface area contributed by atoms with Crippen LogP contribution in [-0.2, 0) is 0 Å². The highest BCUT2D eigenvalue weighted by Crippen LogP contribution is 2.20. The van der Waals surface area contributed by atoms with Crippen LogP contribution in [0.2, 0.25) is 0 Å². The molecule has 0 spiro atoms. The molecule has 22 heavy (non-hydrogen) atoms. The molecule has 0 bridgehead atoms. The third-order valence-electron chi connectivity index (χ3n) is 3.13. The summed E-state index contributed by atoms with van der Waals surface area (Å²) in [4.78, 5) is 8.64. The molecule has 0 radical (unpaired) electrons. The third kappa shape index (κ3) is 2.22. The first-order valence-corrected chi connectivity index (χ1v) is 6.57. The summed E-state index contributed by atoms with van der Waals surface area (Å²) in [7, 11) is 0. The third-order valence-corrected chi connectivity index (χ3v) is 3.13. The minimum Gasteiger partial charge on any atom is -0.262 e. The number of aromatic amines is 1. The number of rotatable bonds is 3. The first-order valence-electron chi connectivity index (χ1n) is 6.57. The number of nitrogens with zero attached hydrogens (tertiary/aromatic N) is 7. The van der Waals surface area contributed by atoms with Crippen LogP contribution in [-0.4, -0.2) is 40.4 Å². The Morgan fingerprint density at radius 2 is 1.95 bits per heavy atom. The van der Waals surface area contributed by atoms with Crippen LogP contribution in [0, 0.1) is 0 Å². The predicted molar refractivity (Wildman–Crippen MR) is 77.8 cm³/mol. The van der Waals surface area contributed by atoms with Crippen molar-refractivity contribution in [2.45, 2.75) is 0 Å². The fourth-order valence-electron chi connectivity index (χ4n) is 2.08. The molecule has 0 saturated carbocycles. The Kier molecular flexibility index (Phi) is 2.90. The second kappa shape index (κ2) is 5.17. The van der Waals surface area contributed by atoms with Crippen LogP contribution in [0.1, 0.15) is 0 Å². The summed E-state index contributed by atoms with van der Waals surface area (Å²) in [5.41, 5.74) is 3.27. The summed E-state index contributed by atoms with van der Waals surface area (Å²) < 4.78 is 1.76. The summed E-state index contributed by atoms with van der Waals surface area (Å²) in [6, 6.07) is 9.47. The summed E-state index contributed by atoms with van der Waals surface area (Å²) >= 11 is 0. The summed E-state index contributed by atoms with van der Waals surface area (Å²) in [5, 5.41) is 18.0. The molecule has 8 heteroatoms. The molecule has 0 aliphatic carbocycles. The van der Waals surface area contributed by atoms with Crippen molar-refractivity contribution in [3.8, 4) is 28.5 Å². The zero-order valence-corrected chi connectivity index (χ0v) is 11.3. The first kappa shape index (κ1) is 12.3. The Balaban J connectivity index is 1.71. The second-order valence-electron chi connectivity index (χ2n) is 4.54. The second-order valence-corrected chi connectivity index (χ2v) is 4.54. The molecule has 4 aromatic heterocycles. The van der Waals surface area contributed by atoms with Crippen molar-refractivity contribution in [1.29, 1.82) is 0 Å². The zero-order valence-electron chi connectivity index (χ0n) is 11.3. The summed E-state index contributed by atoms with van der Waals surface area (Å²) in [6.45, 7) is 0. The highest BCUT2D eigenvalue weighted by Gasteiger charge is 2.08. The average Bonchev–Trinajstić information content (AvgIpc) is 3.28. The van der Waals surface area contributed by atoms with Gasteiger partial charge in [-0.15, -0.1) is 5.10 Å². The lowest BCUT2D eigenvalue weighted by molar-refractivity contribution is 0.874. The van der Waals surface area contributed by atoms with E-state index in [1.807, 2.05) is 36.5 Å². The molecular weight excluding hydrogens is 280 g/mol. The van der Waals surface area contributed by atoms with Gasteiger partial charge in [0, 0.05) is 18.0 Å². The maximum atomic E-state index is 4.55. The largest absolute Gasteiger partial charge is 0.262 e. The summed E-state index contributed by atoms with van der Waals surface area (Å²) in [6.07, 6.45) is 7.14. The van der Waals surface area contributed by atoms with E-state index in [-0.39, 0.29) is 0 Å². The van der Waals surface area contributed by atoms with E-state index in [4.69, 9.17) is 0 Å². The van der Waals surface area contributed by atoms with Crippen LogP contribution in [0.5, 0.6) is 0 Å². The van der Waals surface area contributed by atoms with E-state index >= 15 is 0 Å². The molecule has 0 unspecified atom stereocenters. The van der Waals surface area contributed by atoms with Gasteiger partial charge in [-0.05, 0) is 34.7 Å².